The van der Waals surface area contributed by atoms with Gasteiger partial charge in [-0.05, 0) is 36.5 Å². The zero-order valence-electron chi connectivity index (χ0n) is 8.96. The molecule has 0 nitrogen and oxygen atoms in total. The van der Waals surface area contributed by atoms with Gasteiger partial charge in [-0.25, -0.2) is 0 Å². The minimum absolute atomic E-state index is 0.0494. The van der Waals surface area contributed by atoms with Gasteiger partial charge in [0.05, 0.1) is 5.41 Å². The van der Waals surface area contributed by atoms with Crippen LogP contribution in [0.15, 0.2) is 0 Å². The molecule has 2 bridgehead atoms. The van der Waals surface area contributed by atoms with Gasteiger partial charge < -0.3 is 0 Å². The van der Waals surface area contributed by atoms with Gasteiger partial charge in [-0.2, -0.15) is 13.2 Å². The van der Waals surface area contributed by atoms with Gasteiger partial charge in [0, 0.05) is 0 Å². The zero-order valence-corrected chi connectivity index (χ0v) is 8.96. The van der Waals surface area contributed by atoms with E-state index >= 15 is 0 Å². The summed E-state index contributed by atoms with van der Waals surface area (Å²) in [5, 5.41) is 0. The molecule has 0 unspecified atom stereocenters. The molecule has 0 saturated heterocycles. The first-order chi connectivity index (χ1) is 6.08. The molecule has 3 fully saturated rings. The maximum Gasteiger partial charge on any atom is 0.394 e. The van der Waals surface area contributed by atoms with Gasteiger partial charge in [0.15, 0.2) is 0 Å². The smallest absolute Gasteiger partial charge is 0.171 e. The molecular formula is C11H17F3. The number of hydrogen-bond donors (Lipinski definition) is 0. The molecule has 3 aliphatic carbocycles. The maximum absolute atomic E-state index is 12.5. The molecule has 0 aromatic rings. The van der Waals surface area contributed by atoms with Crippen molar-refractivity contribution in [1.82, 2.24) is 0 Å². The number of rotatable bonds is 1. The summed E-state index contributed by atoms with van der Waals surface area (Å²) in [5.41, 5.74) is -1.05. The highest BCUT2D eigenvalue weighted by atomic mass is 19.4. The SMILES string of the molecule is CC(C)(C)CC12CC(C(F)(F)F)(C1)C2. The first kappa shape index (κ1) is 10.3. The van der Waals surface area contributed by atoms with E-state index in [4.69, 9.17) is 0 Å². The first-order valence-corrected chi connectivity index (χ1v) is 5.15. The fourth-order valence-electron chi connectivity index (χ4n) is 3.61. The van der Waals surface area contributed by atoms with Crippen molar-refractivity contribution in [3.05, 3.63) is 0 Å². The zero-order chi connectivity index (χ0) is 10.8. The second-order valence-electron chi connectivity index (χ2n) is 6.55. The van der Waals surface area contributed by atoms with Gasteiger partial charge in [-0.15, -0.1) is 0 Å². The molecular weight excluding hydrogens is 189 g/mol. The summed E-state index contributed by atoms with van der Waals surface area (Å²) in [5.74, 6) is 0. The van der Waals surface area contributed by atoms with Gasteiger partial charge in [0.25, 0.3) is 0 Å². The van der Waals surface area contributed by atoms with E-state index in [9.17, 15) is 13.2 Å². The Morgan fingerprint density at radius 3 is 1.71 bits per heavy atom. The molecule has 3 aliphatic rings. The van der Waals surface area contributed by atoms with Crippen molar-refractivity contribution in [2.45, 2.75) is 52.6 Å². The van der Waals surface area contributed by atoms with Gasteiger partial charge in [0.2, 0.25) is 0 Å². The molecule has 0 amide bonds. The maximum atomic E-state index is 12.5. The molecule has 3 rings (SSSR count). The van der Waals surface area contributed by atoms with Crippen LogP contribution >= 0.6 is 0 Å². The van der Waals surface area contributed by atoms with E-state index in [1.165, 1.54) is 0 Å². The topological polar surface area (TPSA) is 0 Å². The number of hydrogen-bond acceptors (Lipinski definition) is 0. The molecule has 3 saturated carbocycles. The Morgan fingerprint density at radius 1 is 1.00 bits per heavy atom. The normalized spacial score (nSPS) is 41.6. The Balaban J connectivity index is 1.95. The lowest BCUT2D eigenvalue weighted by Crippen LogP contribution is -2.68. The van der Waals surface area contributed by atoms with Gasteiger partial charge >= 0.3 is 6.18 Å². The summed E-state index contributed by atoms with van der Waals surface area (Å²) in [7, 11) is 0. The first-order valence-electron chi connectivity index (χ1n) is 5.15. The molecule has 0 aromatic heterocycles. The third-order valence-electron chi connectivity index (χ3n) is 3.65. The lowest BCUT2D eigenvalue weighted by molar-refractivity contribution is -0.368. The summed E-state index contributed by atoms with van der Waals surface area (Å²) in [4.78, 5) is 0. The molecule has 0 heterocycles. The molecule has 0 spiro atoms. The van der Waals surface area contributed by atoms with Gasteiger partial charge in [-0.3, -0.25) is 0 Å². The quantitative estimate of drug-likeness (QED) is 0.604. The lowest BCUT2D eigenvalue weighted by atomic mass is 9.33. The van der Waals surface area contributed by atoms with E-state index < -0.39 is 11.6 Å². The van der Waals surface area contributed by atoms with Crippen molar-refractivity contribution in [3.8, 4) is 0 Å². The standard InChI is InChI=1S/C11H17F3/c1-8(2,3)4-9-5-10(6-9,7-9)11(12,13)14/h4-7H2,1-3H3. The summed E-state index contributed by atoms with van der Waals surface area (Å²) < 4.78 is 37.6. The monoisotopic (exact) mass is 206 g/mol. The van der Waals surface area contributed by atoms with E-state index in [1.807, 2.05) is 0 Å². The number of halogens is 3. The molecule has 82 valence electrons. The van der Waals surface area contributed by atoms with Crippen molar-refractivity contribution in [3.63, 3.8) is 0 Å². The second kappa shape index (κ2) is 2.30. The van der Waals surface area contributed by atoms with Crippen LogP contribution in [-0.4, -0.2) is 6.18 Å². The average molecular weight is 206 g/mol. The Labute approximate surface area is 82.9 Å². The van der Waals surface area contributed by atoms with E-state index in [-0.39, 0.29) is 10.8 Å². The molecule has 0 radical (unpaired) electrons. The van der Waals surface area contributed by atoms with Crippen molar-refractivity contribution in [2.24, 2.45) is 16.2 Å². The minimum Gasteiger partial charge on any atom is -0.171 e. The van der Waals surface area contributed by atoms with Crippen LogP contribution in [0.4, 0.5) is 13.2 Å². The van der Waals surface area contributed by atoms with Crippen molar-refractivity contribution in [2.75, 3.05) is 0 Å². The van der Waals surface area contributed by atoms with Crippen LogP contribution in [0.5, 0.6) is 0 Å². The Bertz CT molecular complexity index is 237. The fourth-order valence-corrected chi connectivity index (χ4v) is 3.61. The lowest BCUT2D eigenvalue weighted by Gasteiger charge is -2.72. The van der Waals surface area contributed by atoms with Crippen molar-refractivity contribution >= 4 is 0 Å². The molecule has 0 aromatic carbocycles. The highest BCUT2D eigenvalue weighted by molar-refractivity contribution is 5.20. The van der Waals surface area contributed by atoms with Crippen LogP contribution in [-0.2, 0) is 0 Å². The minimum atomic E-state index is -3.95. The van der Waals surface area contributed by atoms with Gasteiger partial charge in [-0.1, -0.05) is 20.8 Å². The second-order valence-corrected chi connectivity index (χ2v) is 6.55. The summed E-state index contributed by atoms with van der Waals surface area (Å²) in [6.45, 7) is 6.31. The van der Waals surface area contributed by atoms with Crippen LogP contribution in [0.2, 0.25) is 0 Å². The Hall–Kier alpha value is -0.210. The predicted octanol–water partition coefficient (Wildman–Crippen LogP) is 4.16. The molecule has 0 aliphatic heterocycles. The largest absolute Gasteiger partial charge is 0.394 e. The Morgan fingerprint density at radius 2 is 1.43 bits per heavy atom. The van der Waals surface area contributed by atoms with Crippen molar-refractivity contribution < 1.29 is 13.2 Å². The van der Waals surface area contributed by atoms with Crippen LogP contribution in [0, 0.1) is 16.2 Å². The fraction of sp³-hybridized carbons (Fsp3) is 1.00. The van der Waals surface area contributed by atoms with Crippen LogP contribution in [0.3, 0.4) is 0 Å². The van der Waals surface area contributed by atoms with E-state index in [2.05, 4.69) is 20.8 Å². The van der Waals surface area contributed by atoms with Crippen LogP contribution in [0.25, 0.3) is 0 Å². The van der Waals surface area contributed by atoms with E-state index in [0.717, 1.165) is 6.42 Å². The summed E-state index contributed by atoms with van der Waals surface area (Å²) in [6, 6.07) is 0. The molecule has 3 heteroatoms. The van der Waals surface area contributed by atoms with Crippen LogP contribution in [0.1, 0.15) is 46.5 Å². The molecule has 14 heavy (non-hydrogen) atoms. The third-order valence-corrected chi connectivity index (χ3v) is 3.65. The number of alkyl halides is 3. The average Bonchev–Trinajstić information content (AvgIpc) is 1.68. The predicted molar refractivity (Wildman–Crippen MR) is 48.8 cm³/mol. The Kier molecular flexibility index (Phi) is 1.70. The van der Waals surface area contributed by atoms with Crippen LogP contribution < -0.4 is 0 Å². The highest BCUT2D eigenvalue weighted by Crippen LogP contribution is 2.80. The van der Waals surface area contributed by atoms with E-state index in [1.54, 1.807) is 0 Å². The summed E-state index contributed by atoms with van der Waals surface area (Å²) in [6.07, 6.45) is -1.84. The third kappa shape index (κ3) is 1.28. The summed E-state index contributed by atoms with van der Waals surface area (Å²) >= 11 is 0. The highest BCUT2D eigenvalue weighted by Gasteiger charge is 2.78. The van der Waals surface area contributed by atoms with E-state index in [0.29, 0.717) is 19.3 Å². The molecule has 0 N–H and O–H groups in total. The molecule has 0 atom stereocenters. The van der Waals surface area contributed by atoms with Gasteiger partial charge in [0.1, 0.15) is 0 Å². The van der Waals surface area contributed by atoms with Crippen molar-refractivity contribution in [1.29, 1.82) is 0 Å².